The Bertz CT molecular complexity index is 449. The van der Waals surface area contributed by atoms with Crippen LogP contribution >= 0.6 is 11.6 Å². The zero-order valence-electron chi connectivity index (χ0n) is 12.3. The Labute approximate surface area is 125 Å². The first-order chi connectivity index (χ1) is 9.45. The molecule has 1 aromatic carbocycles. The van der Waals surface area contributed by atoms with Crippen molar-refractivity contribution in [3.8, 4) is 5.75 Å². The zero-order chi connectivity index (χ0) is 15.1. The third-order valence-corrected chi connectivity index (χ3v) is 3.57. The minimum absolute atomic E-state index is 0.0189. The van der Waals surface area contributed by atoms with Crippen LogP contribution in [-0.2, 0) is 11.2 Å². The summed E-state index contributed by atoms with van der Waals surface area (Å²) >= 11 is 6.11. The van der Waals surface area contributed by atoms with Gasteiger partial charge in [0, 0.05) is 16.6 Å². The van der Waals surface area contributed by atoms with Crippen LogP contribution in [0.25, 0.3) is 0 Å². The van der Waals surface area contributed by atoms with Crippen molar-refractivity contribution in [2.45, 2.75) is 33.2 Å². The maximum absolute atomic E-state index is 11.8. The first-order valence-electron chi connectivity index (χ1n) is 6.85. The summed E-state index contributed by atoms with van der Waals surface area (Å²) in [7, 11) is 0. The highest BCUT2D eigenvalue weighted by Gasteiger charge is 2.13. The Kier molecular flexibility index (Phi) is 6.82. The predicted molar refractivity (Wildman–Crippen MR) is 82.1 cm³/mol. The van der Waals surface area contributed by atoms with E-state index in [1.54, 1.807) is 18.2 Å². The SMILES string of the molecule is CC(C)C(C)NC(=O)COc1cccc(Cl)c1CCN. The van der Waals surface area contributed by atoms with E-state index in [2.05, 4.69) is 19.2 Å². The number of nitrogens with one attached hydrogen (secondary N) is 1. The van der Waals surface area contributed by atoms with E-state index in [9.17, 15) is 4.79 Å². The van der Waals surface area contributed by atoms with Gasteiger partial charge in [-0.05, 0) is 37.9 Å². The van der Waals surface area contributed by atoms with Gasteiger partial charge < -0.3 is 15.8 Å². The standard InChI is InChI=1S/C15H23ClN2O2/c1-10(2)11(3)18-15(19)9-20-14-6-4-5-13(16)12(14)7-8-17/h4-6,10-11H,7-9,17H2,1-3H3,(H,18,19). The third-order valence-electron chi connectivity index (χ3n) is 3.22. The van der Waals surface area contributed by atoms with Crippen molar-refractivity contribution in [1.29, 1.82) is 0 Å². The largest absolute Gasteiger partial charge is 0.483 e. The zero-order valence-corrected chi connectivity index (χ0v) is 13.0. The van der Waals surface area contributed by atoms with Gasteiger partial charge >= 0.3 is 0 Å². The molecule has 0 aliphatic carbocycles. The minimum Gasteiger partial charge on any atom is -0.483 e. The van der Waals surface area contributed by atoms with Gasteiger partial charge in [0.25, 0.3) is 5.91 Å². The second-order valence-corrected chi connectivity index (χ2v) is 5.55. The van der Waals surface area contributed by atoms with E-state index in [1.165, 1.54) is 0 Å². The fraction of sp³-hybridized carbons (Fsp3) is 0.533. The molecule has 1 unspecified atom stereocenters. The number of amides is 1. The monoisotopic (exact) mass is 298 g/mol. The highest BCUT2D eigenvalue weighted by Crippen LogP contribution is 2.26. The summed E-state index contributed by atoms with van der Waals surface area (Å²) in [5.74, 6) is 0.873. The molecule has 0 spiro atoms. The van der Waals surface area contributed by atoms with Crippen LogP contribution in [0, 0.1) is 5.92 Å². The minimum atomic E-state index is -0.134. The summed E-state index contributed by atoms with van der Waals surface area (Å²) in [4.78, 5) is 11.8. The van der Waals surface area contributed by atoms with Gasteiger partial charge in [-0.2, -0.15) is 0 Å². The van der Waals surface area contributed by atoms with Gasteiger partial charge in [-0.15, -0.1) is 0 Å². The Hall–Kier alpha value is -1.26. The van der Waals surface area contributed by atoms with Crippen molar-refractivity contribution < 1.29 is 9.53 Å². The van der Waals surface area contributed by atoms with Crippen molar-refractivity contribution in [1.82, 2.24) is 5.32 Å². The summed E-state index contributed by atoms with van der Waals surface area (Å²) in [6.45, 7) is 6.55. The molecule has 1 aromatic rings. The van der Waals surface area contributed by atoms with Gasteiger partial charge in [-0.1, -0.05) is 31.5 Å². The summed E-state index contributed by atoms with van der Waals surface area (Å²) < 4.78 is 5.56. The van der Waals surface area contributed by atoms with E-state index in [0.29, 0.717) is 29.7 Å². The molecule has 112 valence electrons. The van der Waals surface area contributed by atoms with Gasteiger partial charge in [0.15, 0.2) is 6.61 Å². The molecule has 1 atom stereocenters. The van der Waals surface area contributed by atoms with E-state index in [4.69, 9.17) is 22.1 Å². The van der Waals surface area contributed by atoms with Gasteiger partial charge in [0.2, 0.25) is 0 Å². The van der Waals surface area contributed by atoms with Crippen LogP contribution in [0.15, 0.2) is 18.2 Å². The third kappa shape index (κ3) is 5.02. The lowest BCUT2D eigenvalue weighted by Crippen LogP contribution is -2.39. The Morgan fingerprint density at radius 2 is 2.10 bits per heavy atom. The van der Waals surface area contributed by atoms with Crippen molar-refractivity contribution in [3.63, 3.8) is 0 Å². The number of nitrogens with two attached hydrogens (primary N) is 1. The number of carbonyl (C=O) groups excluding carboxylic acids is 1. The Morgan fingerprint density at radius 1 is 1.40 bits per heavy atom. The van der Waals surface area contributed by atoms with Gasteiger partial charge in [0.1, 0.15) is 5.75 Å². The van der Waals surface area contributed by atoms with Crippen LogP contribution in [0.2, 0.25) is 5.02 Å². The van der Waals surface area contributed by atoms with Crippen LogP contribution in [0.1, 0.15) is 26.3 Å². The second kappa shape index (κ2) is 8.12. The highest BCUT2D eigenvalue weighted by molar-refractivity contribution is 6.31. The number of ether oxygens (including phenoxy) is 1. The van der Waals surface area contributed by atoms with Crippen molar-refractivity contribution in [3.05, 3.63) is 28.8 Å². The molecule has 0 aliphatic rings. The molecule has 1 rings (SSSR count). The van der Waals surface area contributed by atoms with E-state index in [1.807, 2.05) is 6.92 Å². The fourth-order valence-electron chi connectivity index (χ4n) is 1.67. The molecule has 0 saturated carbocycles. The first-order valence-corrected chi connectivity index (χ1v) is 7.23. The fourth-order valence-corrected chi connectivity index (χ4v) is 1.93. The number of rotatable bonds is 7. The molecular formula is C15H23ClN2O2. The lowest BCUT2D eigenvalue weighted by atomic mass is 10.1. The molecule has 0 aromatic heterocycles. The molecule has 0 bridgehead atoms. The van der Waals surface area contributed by atoms with E-state index >= 15 is 0 Å². The molecule has 4 nitrogen and oxygen atoms in total. The van der Waals surface area contributed by atoms with Crippen molar-refractivity contribution >= 4 is 17.5 Å². The first kappa shape index (κ1) is 16.8. The van der Waals surface area contributed by atoms with Crippen molar-refractivity contribution in [2.24, 2.45) is 11.7 Å². The summed E-state index contributed by atoms with van der Waals surface area (Å²) in [6.07, 6.45) is 0.624. The molecule has 5 heteroatoms. The van der Waals surface area contributed by atoms with Gasteiger partial charge in [-0.3, -0.25) is 4.79 Å². The van der Waals surface area contributed by atoms with Crippen LogP contribution in [0.3, 0.4) is 0 Å². The van der Waals surface area contributed by atoms with Gasteiger partial charge in [0.05, 0.1) is 0 Å². The summed E-state index contributed by atoms with van der Waals surface area (Å²) in [5, 5.41) is 3.51. The lowest BCUT2D eigenvalue weighted by molar-refractivity contribution is -0.124. The topological polar surface area (TPSA) is 64.3 Å². The van der Waals surface area contributed by atoms with Crippen molar-refractivity contribution in [2.75, 3.05) is 13.2 Å². The number of hydrogen-bond acceptors (Lipinski definition) is 3. The van der Waals surface area contributed by atoms with E-state index in [-0.39, 0.29) is 18.6 Å². The molecule has 3 N–H and O–H groups in total. The maximum atomic E-state index is 11.8. The van der Waals surface area contributed by atoms with Gasteiger partial charge in [-0.25, -0.2) is 0 Å². The maximum Gasteiger partial charge on any atom is 0.258 e. The Morgan fingerprint density at radius 3 is 2.70 bits per heavy atom. The summed E-state index contributed by atoms with van der Waals surface area (Å²) in [6, 6.07) is 5.51. The number of hydrogen-bond donors (Lipinski definition) is 2. The quantitative estimate of drug-likeness (QED) is 0.812. The number of carbonyl (C=O) groups is 1. The van der Waals surface area contributed by atoms with Crippen LogP contribution < -0.4 is 15.8 Å². The number of benzene rings is 1. The second-order valence-electron chi connectivity index (χ2n) is 5.14. The average Bonchev–Trinajstić information content (AvgIpc) is 2.39. The molecule has 1 amide bonds. The van der Waals surface area contributed by atoms with Crippen LogP contribution in [0.4, 0.5) is 0 Å². The van der Waals surface area contributed by atoms with Crippen LogP contribution in [0.5, 0.6) is 5.75 Å². The molecular weight excluding hydrogens is 276 g/mol. The molecule has 20 heavy (non-hydrogen) atoms. The average molecular weight is 299 g/mol. The molecule has 0 fully saturated rings. The molecule has 0 saturated heterocycles. The highest BCUT2D eigenvalue weighted by atomic mass is 35.5. The van der Waals surface area contributed by atoms with E-state index in [0.717, 1.165) is 5.56 Å². The van der Waals surface area contributed by atoms with Crippen LogP contribution in [-0.4, -0.2) is 25.1 Å². The predicted octanol–water partition coefficient (Wildman–Crippen LogP) is 2.38. The Balaban J connectivity index is 2.61. The molecule has 0 radical (unpaired) electrons. The molecule has 0 aliphatic heterocycles. The lowest BCUT2D eigenvalue weighted by Gasteiger charge is -2.18. The normalized spacial score (nSPS) is 12.3. The smallest absolute Gasteiger partial charge is 0.258 e. The summed E-state index contributed by atoms with van der Waals surface area (Å²) in [5.41, 5.74) is 6.41. The number of halogens is 1. The van der Waals surface area contributed by atoms with E-state index < -0.39 is 0 Å². The molecule has 0 heterocycles.